The van der Waals surface area contributed by atoms with Crippen LogP contribution in [0.25, 0.3) is 0 Å². The maximum Gasteiger partial charge on any atom is 0.379 e. The largest absolute Gasteiger partial charge is 0.460 e. The van der Waals surface area contributed by atoms with Crippen molar-refractivity contribution in [2.45, 2.75) is 32.8 Å². The third-order valence-corrected chi connectivity index (χ3v) is 2.09. The molecule has 1 rings (SSSR count). The van der Waals surface area contributed by atoms with Gasteiger partial charge in [0.15, 0.2) is 0 Å². The van der Waals surface area contributed by atoms with Crippen molar-refractivity contribution < 1.29 is 18.8 Å². The fraction of sp³-hybridized carbons (Fsp3) is 0.700. The Morgan fingerprint density at radius 3 is 2.94 bits per heavy atom. The highest BCUT2D eigenvalue weighted by Gasteiger charge is 2.15. The third kappa shape index (κ3) is 3.62. The Morgan fingerprint density at radius 2 is 2.31 bits per heavy atom. The maximum absolute atomic E-state index is 11.2. The zero-order chi connectivity index (χ0) is 12.0. The van der Waals surface area contributed by atoms with E-state index in [0.717, 1.165) is 6.42 Å². The van der Waals surface area contributed by atoms with Crippen molar-refractivity contribution >= 4 is 5.97 Å². The molecule has 1 unspecified atom stereocenters. The molecule has 16 heavy (non-hydrogen) atoms. The van der Waals surface area contributed by atoms with Gasteiger partial charge in [0.1, 0.15) is 0 Å². The first-order valence-electron chi connectivity index (χ1n) is 5.19. The summed E-state index contributed by atoms with van der Waals surface area (Å²) in [5.41, 5.74) is 0. The molecule has 0 N–H and O–H groups in total. The summed E-state index contributed by atoms with van der Waals surface area (Å²) in [6.07, 6.45) is 1.47. The fourth-order valence-corrected chi connectivity index (χ4v) is 1.08. The summed E-state index contributed by atoms with van der Waals surface area (Å²) in [5, 5.41) is 3.54. The highest BCUT2D eigenvalue weighted by Crippen LogP contribution is 2.05. The van der Waals surface area contributed by atoms with Crippen LogP contribution in [0.5, 0.6) is 0 Å². The summed E-state index contributed by atoms with van der Waals surface area (Å²) in [7, 11) is 1.64. The minimum atomic E-state index is -0.558. The lowest BCUT2D eigenvalue weighted by Gasteiger charge is -2.05. The Balaban J connectivity index is 2.48. The van der Waals surface area contributed by atoms with Crippen molar-refractivity contribution in [1.82, 2.24) is 10.1 Å². The summed E-state index contributed by atoms with van der Waals surface area (Å²) in [6, 6.07) is 0. The van der Waals surface area contributed by atoms with Gasteiger partial charge in [0.25, 0.3) is 5.82 Å². The van der Waals surface area contributed by atoms with E-state index in [1.54, 1.807) is 14.0 Å². The van der Waals surface area contributed by atoms with Crippen molar-refractivity contribution in [3.8, 4) is 0 Å². The highest BCUT2D eigenvalue weighted by atomic mass is 16.5. The maximum atomic E-state index is 11.2. The molecule has 0 radical (unpaired) electrons. The molecule has 0 amide bonds. The van der Waals surface area contributed by atoms with Crippen LogP contribution in [0.4, 0.5) is 0 Å². The lowest BCUT2D eigenvalue weighted by atomic mass is 10.2. The minimum absolute atomic E-state index is 0.0260. The topological polar surface area (TPSA) is 74.5 Å². The first-order chi connectivity index (χ1) is 7.67. The minimum Gasteiger partial charge on any atom is -0.460 e. The summed E-state index contributed by atoms with van der Waals surface area (Å²) >= 11 is 0. The van der Waals surface area contributed by atoms with Gasteiger partial charge in [-0.15, -0.1) is 0 Å². The fourth-order valence-electron chi connectivity index (χ4n) is 1.08. The number of nitrogens with zero attached hydrogens (tertiary/aromatic N) is 2. The second-order valence-corrected chi connectivity index (χ2v) is 3.32. The van der Waals surface area contributed by atoms with E-state index in [0.29, 0.717) is 18.9 Å². The van der Waals surface area contributed by atoms with E-state index in [2.05, 4.69) is 10.1 Å². The highest BCUT2D eigenvalue weighted by molar-refractivity contribution is 5.84. The average Bonchev–Trinajstić information content (AvgIpc) is 2.75. The van der Waals surface area contributed by atoms with Gasteiger partial charge in [0.05, 0.1) is 12.7 Å². The lowest BCUT2D eigenvalue weighted by Crippen LogP contribution is -2.08. The molecule has 0 aliphatic heterocycles. The summed E-state index contributed by atoms with van der Waals surface area (Å²) in [4.78, 5) is 15.1. The second kappa shape index (κ2) is 6.22. The Morgan fingerprint density at radius 1 is 1.56 bits per heavy atom. The van der Waals surface area contributed by atoms with Crippen molar-refractivity contribution in [2.24, 2.45) is 0 Å². The van der Waals surface area contributed by atoms with Crippen LogP contribution in [-0.2, 0) is 15.9 Å². The Kier molecular flexibility index (Phi) is 4.91. The molecule has 0 aliphatic rings. The quantitative estimate of drug-likeness (QED) is 0.681. The number of aromatic nitrogens is 2. The molecule has 6 heteroatoms. The SMILES string of the molecule is CCOC(=O)c1noc(CCC(C)OC)n1. The van der Waals surface area contributed by atoms with Gasteiger partial charge in [-0.05, 0) is 25.4 Å². The first-order valence-corrected chi connectivity index (χ1v) is 5.19. The molecule has 1 aromatic rings. The lowest BCUT2D eigenvalue weighted by molar-refractivity contribution is 0.0508. The van der Waals surface area contributed by atoms with Crippen molar-refractivity contribution in [3.05, 3.63) is 11.7 Å². The van der Waals surface area contributed by atoms with Crippen LogP contribution in [0.15, 0.2) is 4.52 Å². The number of hydrogen-bond acceptors (Lipinski definition) is 6. The standard InChI is InChI=1S/C10H16N2O4/c1-4-15-10(13)9-11-8(16-12-9)6-5-7(2)14-3/h7H,4-6H2,1-3H3. The van der Waals surface area contributed by atoms with Gasteiger partial charge < -0.3 is 14.0 Å². The first kappa shape index (κ1) is 12.6. The molecule has 0 aliphatic carbocycles. The third-order valence-electron chi connectivity index (χ3n) is 2.09. The predicted octanol–water partition coefficient (Wildman–Crippen LogP) is 1.21. The number of aryl methyl sites for hydroxylation is 1. The predicted molar refractivity (Wildman–Crippen MR) is 55.0 cm³/mol. The van der Waals surface area contributed by atoms with Crippen LogP contribution in [0.1, 0.15) is 36.8 Å². The Bertz CT molecular complexity index is 337. The van der Waals surface area contributed by atoms with Crippen LogP contribution in [-0.4, -0.2) is 35.9 Å². The van der Waals surface area contributed by atoms with E-state index < -0.39 is 5.97 Å². The molecule has 0 aromatic carbocycles. The number of hydrogen-bond donors (Lipinski definition) is 0. The van der Waals surface area contributed by atoms with Gasteiger partial charge >= 0.3 is 5.97 Å². The molecular formula is C10H16N2O4. The van der Waals surface area contributed by atoms with Crippen molar-refractivity contribution in [3.63, 3.8) is 0 Å². The smallest absolute Gasteiger partial charge is 0.379 e. The van der Waals surface area contributed by atoms with Crippen LogP contribution in [0.2, 0.25) is 0 Å². The van der Waals surface area contributed by atoms with Crippen LogP contribution in [0.3, 0.4) is 0 Å². The summed E-state index contributed by atoms with van der Waals surface area (Å²) < 4.78 is 14.7. The number of esters is 1. The number of rotatable bonds is 6. The van der Waals surface area contributed by atoms with Crippen molar-refractivity contribution in [1.29, 1.82) is 0 Å². The molecule has 1 aromatic heterocycles. The van der Waals surface area contributed by atoms with E-state index >= 15 is 0 Å². The Labute approximate surface area is 93.9 Å². The molecule has 0 saturated heterocycles. The van der Waals surface area contributed by atoms with Gasteiger partial charge in [-0.3, -0.25) is 0 Å². The average molecular weight is 228 g/mol. The van der Waals surface area contributed by atoms with Gasteiger partial charge in [-0.2, -0.15) is 4.98 Å². The zero-order valence-corrected chi connectivity index (χ0v) is 9.73. The molecule has 1 atom stereocenters. The van der Waals surface area contributed by atoms with Crippen LogP contribution >= 0.6 is 0 Å². The van der Waals surface area contributed by atoms with Crippen LogP contribution < -0.4 is 0 Å². The molecule has 90 valence electrons. The second-order valence-electron chi connectivity index (χ2n) is 3.32. The van der Waals surface area contributed by atoms with E-state index in [-0.39, 0.29) is 11.9 Å². The Hall–Kier alpha value is -1.43. The zero-order valence-electron chi connectivity index (χ0n) is 9.73. The van der Waals surface area contributed by atoms with Gasteiger partial charge in [-0.25, -0.2) is 4.79 Å². The van der Waals surface area contributed by atoms with Gasteiger partial charge in [0.2, 0.25) is 5.89 Å². The summed E-state index contributed by atoms with van der Waals surface area (Å²) in [5.74, 6) is -0.161. The number of methoxy groups -OCH3 is 1. The molecule has 0 saturated carbocycles. The molecular weight excluding hydrogens is 212 g/mol. The number of ether oxygens (including phenoxy) is 2. The number of carbonyl (C=O) groups is 1. The van der Waals surface area contributed by atoms with Crippen molar-refractivity contribution in [2.75, 3.05) is 13.7 Å². The summed E-state index contributed by atoms with van der Waals surface area (Å²) in [6.45, 7) is 3.96. The molecule has 1 heterocycles. The molecule has 0 bridgehead atoms. The normalized spacial score (nSPS) is 12.4. The van der Waals surface area contributed by atoms with E-state index in [1.807, 2.05) is 6.92 Å². The molecule has 6 nitrogen and oxygen atoms in total. The van der Waals surface area contributed by atoms with E-state index in [9.17, 15) is 4.79 Å². The van der Waals surface area contributed by atoms with Gasteiger partial charge in [0, 0.05) is 13.5 Å². The monoisotopic (exact) mass is 228 g/mol. The van der Waals surface area contributed by atoms with Gasteiger partial charge in [-0.1, -0.05) is 0 Å². The molecule has 0 spiro atoms. The van der Waals surface area contributed by atoms with Crippen LogP contribution in [0, 0.1) is 0 Å². The van der Waals surface area contributed by atoms with E-state index in [1.165, 1.54) is 0 Å². The van der Waals surface area contributed by atoms with E-state index in [4.69, 9.17) is 14.0 Å². The molecule has 0 fully saturated rings. The number of carbonyl (C=O) groups excluding carboxylic acids is 1.